The van der Waals surface area contributed by atoms with Crippen LogP contribution in [0.3, 0.4) is 0 Å². The maximum Gasteiger partial charge on any atom is 0.261 e. The first-order valence-electron chi connectivity index (χ1n) is 7.97. The lowest BCUT2D eigenvalue weighted by Gasteiger charge is -2.12. The molecule has 0 bridgehead atoms. The first-order valence-corrected chi connectivity index (χ1v) is 10.6. The van der Waals surface area contributed by atoms with Crippen molar-refractivity contribution in [3.63, 3.8) is 0 Å². The second-order valence-electron chi connectivity index (χ2n) is 5.89. The third kappa shape index (κ3) is 6.24. The maximum atomic E-state index is 9.19. The molecule has 0 amide bonds. The first-order chi connectivity index (χ1) is 13.1. The summed E-state index contributed by atoms with van der Waals surface area (Å²) < 4.78 is 36.6. The highest BCUT2D eigenvalue weighted by Gasteiger charge is 2.10. The van der Waals surface area contributed by atoms with Crippen LogP contribution in [-0.4, -0.2) is 38.4 Å². The summed E-state index contributed by atoms with van der Waals surface area (Å²) in [4.78, 5) is 4.32. The van der Waals surface area contributed by atoms with Gasteiger partial charge in [-0.2, -0.15) is 8.42 Å². The molecule has 1 N–H and O–H groups in total. The van der Waals surface area contributed by atoms with Crippen LogP contribution in [0.25, 0.3) is 10.8 Å². The summed E-state index contributed by atoms with van der Waals surface area (Å²) in [6, 6.07) is 9.56. The Balaban J connectivity index is 0.000000500. The van der Waals surface area contributed by atoms with Crippen LogP contribution in [-0.2, 0) is 16.5 Å². The van der Waals surface area contributed by atoms with Gasteiger partial charge in [0.25, 0.3) is 10.1 Å². The molecule has 3 rings (SSSR count). The summed E-state index contributed by atoms with van der Waals surface area (Å²) in [6.07, 6.45) is 5.09. The molecule has 9 heteroatoms. The fourth-order valence-electron chi connectivity index (χ4n) is 2.57. The number of methoxy groups -OCH3 is 2. The van der Waals surface area contributed by atoms with Crippen LogP contribution < -0.4 is 9.47 Å². The molecule has 0 unspecified atom stereocenters. The Labute approximate surface area is 173 Å². The molecule has 0 saturated carbocycles. The summed E-state index contributed by atoms with van der Waals surface area (Å²) in [6.45, 7) is 0. The number of hydrogen-bond acceptors (Lipinski definition) is 5. The van der Waals surface area contributed by atoms with Crippen molar-refractivity contribution < 1.29 is 22.4 Å². The van der Waals surface area contributed by atoms with Crippen LogP contribution in [0.1, 0.15) is 11.1 Å². The minimum absolute atomic E-state index is 0.552. The fourth-order valence-corrected chi connectivity index (χ4v) is 2.89. The van der Waals surface area contributed by atoms with E-state index in [-0.39, 0.29) is 0 Å². The zero-order valence-corrected chi connectivity index (χ0v) is 17.8. The standard InChI is InChI=1S/C18H15Cl2NO2.CH4O3S/c1-22-17-7-13-10-21-9-12(14(13)8-18(17)23-2)5-11-3-4-15(19)16(20)6-11;1-5(2,3)4/h3-4,6-10H,5H2,1-2H3;1H3,(H,2,3,4). The van der Waals surface area contributed by atoms with Crippen molar-refractivity contribution in [2.75, 3.05) is 20.5 Å². The fraction of sp³-hybridized carbons (Fsp3) is 0.211. The summed E-state index contributed by atoms with van der Waals surface area (Å²) in [5, 5.41) is 3.18. The molecule has 1 heterocycles. The monoisotopic (exact) mass is 443 g/mol. The molecule has 6 nitrogen and oxygen atoms in total. The summed E-state index contributed by atoms with van der Waals surface area (Å²) in [7, 11) is -0.416. The number of rotatable bonds is 4. The summed E-state index contributed by atoms with van der Waals surface area (Å²) in [5.41, 5.74) is 2.16. The van der Waals surface area contributed by atoms with Crippen molar-refractivity contribution in [1.82, 2.24) is 4.98 Å². The van der Waals surface area contributed by atoms with E-state index in [0.29, 0.717) is 34.2 Å². The largest absolute Gasteiger partial charge is 0.493 e. The third-order valence-electron chi connectivity index (χ3n) is 3.72. The first kappa shape index (κ1) is 22.2. The van der Waals surface area contributed by atoms with Crippen molar-refractivity contribution in [3.05, 3.63) is 63.9 Å². The number of benzene rings is 2. The van der Waals surface area contributed by atoms with Crippen molar-refractivity contribution in [2.24, 2.45) is 0 Å². The van der Waals surface area contributed by atoms with Crippen LogP contribution in [0.5, 0.6) is 11.5 Å². The Morgan fingerprint density at radius 1 is 1.00 bits per heavy atom. The molecule has 2 aromatic carbocycles. The van der Waals surface area contributed by atoms with Gasteiger partial charge >= 0.3 is 0 Å². The van der Waals surface area contributed by atoms with Crippen molar-refractivity contribution in [1.29, 1.82) is 0 Å². The van der Waals surface area contributed by atoms with Crippen LogP contribution >= 0.6 is 23.2 Å². The van der Waals surface area contributed by atoms with Gasteiger partial charge in [0.2, 0.25) is 0 Å². The lowest BCUT2D eigenvalue weighted by Crippen LogP contribution is -1.95. The SMILES string of the molecule is COc1cc2cncc(Cc3ccc(Cl)c(Cl)c3)c2cc1OC.CS(=O)(=O)O. The van der Waals surface area contributed by atoms with Gasteiger partial charge in [-0.3, -0.25) is 9.54 Å². The van der Waals surface area contributed by atoms with Crippen LogP contribution in [0.15, 0.2) is 42.7 Å². The number of halogens is 2. The zero-order valence-electron chi connectivity index (χ0n) is 15.4. The number of pyridine rings is 1. The van der Waals surface area contributed by atoms with E-state index >= 15 is 0 Å². The van der Waals surface area contributed by atoms with Gasteiger partial charge in [-0.15, -0.1) is 0 Å². The van der Waals surface area contributed by atoms with E-state index in [1.54, 1.807) is 20.3 Å². The molecule has 0 fully saturated rings. The highest BCUT2D eigenvalue weighted by atomic mass is 35.5. The van der Waals surface area contributed by atoms with Gasteiger partial charge in [-0.25, -0.2) is 0 Å². The van der Waals surface area contributed by atoms with E-state index < -0.39 is 10.1 Å². The molecule has 28 heavy (non-hydrogen) atoms. The predicted octanol–water partition coefficient (Wildman–Crippen LogP) is 4.65. The zero-order chi connectivity index (χ0) is 20.9. The molecule has 0 radical (unpaired) electrons. The van der Waals surface area contributed by atoms with Crippen molar-refractivity contribution >= 4 is 44.1 Å². The second kappa shape index (κ2) is 9.43. The molecule has 0 aliphatic rings. The smallest absolute Gasteiger partial charge is 0.261 e. The molecule has 0 saturated heterocycles. The van der Waals surface area contributed by atoms with Gasteiger partial charge in [0.05, 0.1) is 30.5 Å². The molecule has 0 atom stereocenters. The highest BCUT2D eigenvalue weighted by Crippen LogP contribution is 2.34. The lowest BCUT2D eigenvalue weighted by atomic mass is 10.0. The number of ether oxygens (including phenoxy) is 2. The number of fused-ring (bicyclic) bond motifs is 1. The molecule has 150 valence electrons. The molecule has 0 spiro atoms. The van der Waals surface area contributed by atoms with Gasteiger partial charge in [0, 0.05) is 17.8 Å². The molecule has 0 aliphatic carbocycles. The minimum Gasteiger partial charge on any atom is -0.493 e. The average Bonchev–Trinajstić information content (AvgIpc) is 2.62. The average molecular weight is 444 g/mol. The van der Waals surface area contributed by atoms with Crippen LogP contribution in [0.4, 0.5) is 0 Å². The second-order valence-corrected chi connectivity index (χ2v) is 8.17. The van der Waals surface area contributed by atoms with Gasteiger partial charge in [-0.05, 0) is 47.2 Å². The van der Waals surface area contributed by atoms with Crippen LogP contribution in [0.2, 0.25) is 10.0 Å². The maximum absolute atomic E-state index is 9.19. The third-order valence-corrected chi connectivity index (χ3v) is 4.46. The molecule has 1 aromatic heterocycles. The Morgan fingerprint density at radius 2 is 1.61 bits per heavy atom. The van der Waals surface area contributed by atoms with Crippen molar-refractivity contribution in [3.8, 4) is 11.5 Å². The summed E-state index contributed by atoms with van der Waals surface area (Å²) >= 11 is 12.1. The molecule has 0 aliphatic heterocycles. The van der Waals surface area contributed by atoms with Crippen LogP contribution in [0, 0.1) is 0 Å². The van der Waals surface area contributed by atoms with Gasteiger partial charge in [0.1, 0.15) is 0 Å². The highest BCUT2D eigenvalue weighted by molar-refractivity contribution is 7.85. The number of hydrogen-bond donors (Lipinski definition) is 1. The van der Waals surface area contributed by atoms with Gasteiger partial charge < -0.3 is 9.47 Å². The number of aromatic nitrogens is 1. The van der Waals surface area contributed by atoms with E-state index in [0.717, 1.165) is 21.9 Å². The molecule has 3 aromatic rings. The van der Waals surface area contributed by atoms with E-state index in [2.05, 4.69) is 4.98 Å². The Kier molecular flexibility index (Phi) is 7.48. The Bertz CT molecular complexity index is 1080. The number of nitrogens with zero attached hydrogens (tertiary/aromatic N) is 1. The lowest BCUT2D eigenvalue weighted by molar-refractivity contribution is 0.356. The Hall–Kier alpha value is -2.06. The van der Waals surface area contributed by atoms with Crippen molar-refractivity contribution in [2.45, 2.75) is 6.42 Å². The van der Waals surface area contributed by atoms with E-state index in [4.69, 9.17) is 37.2 Å². The quantitative estimate of drug-likeness (QED) is 0.590. The molecular weight excluding hydrogens is 425 g/mol. The van der Waals surface area contributed by atoms with Gasteiger partial charge in [0.15, 0.2) is 11.5 Å². The van der Waals surface area contributed by atoms with E-state index in [1.807, 2.05) is 36.7 Å². The van der Waals surface area contributed by atoms with E-state index in [1.165, 1.54) is 0 Å². The predicted molar refractivity (Wildman–Crippen MR) is 112 cm³/mol. The Morgan fingerprint density at radius 3 is 2.18 bits per heavy atom. The van der Waals surface area contributed by atoms with E-state index in [9.17, 15) is 8.42 Å². The topological polar surface area (TPSA) is 85.7 Å². The van der Waals surface area contributed by atoms with Gasteiger partial charge in [-0.1, -0.05) is 29.3 Å². The summed E-state index contributed by atoms with van der Waals surface area (Å²) in [5.74, 6) is 1.38. The molecular formula is C19H19Cl2NO5S. The normalized spacial score (nSPS) is 10.9. The minimum atomic E-state index is -3.67.